The standard InChI is InChI=1S/C13H24O6Si.C2H6O/c1-4-16-20(17-5-2,18-6-3)9-7-8-11-10-12(14)19-13(11)15;1-2-3/h11H,4-10H2,1-3H3;3H,2H2,1H3. The largest absolute Gasteiger partial charge is 0.500 e. The molecule has 7 nitrogen and oxygen atoms in total. The molecule has 0 aromatic heterocycles. The third kappa shape index (κ3) is 8.57. The van der Waals surface area contributed by atoms with Gasteiger partial charge in [0.05, 0.1) is 12.3 Å². The number of aliphatic hydroxyl groups excluding tert-OH is 1. The molecular weight excluding hydrogens is 320 g/mol. The van der Waals surface area contributed by atoms with Crippen molar-refractivity contribution in [3.63, 3.8) is 0 Å². The summed E-state index contributed by atoms with van der Waals surface area (Å²) >= 11 is 0. The van der Waals surface area contributed by atoms with Gasteiger partial charge in [0.1, 0.15) is 0 Å². The predicted molar refractivity (Wildman–Crippen MR) is 86.6 cm³/mol. The summed E-state index contributed by atoms with van der Waals surface area (Å²) in [6.07, 6.45) is 1.51. The number of aliphatic hydroxyl groups is 1. The third-order valence-electron chi connectivity index (χ3n) is 3.09. The first-order valence-electron chi connectivity index (χ1n) is 8.25. The maximum Gasteiger partial charge on any atom is 0.500 e. The lowest BCUT2D eigenvalue weighted by molar-refractivity contribution is -0.153. The lowest BCUT2D eigenvalue weighted by atomic mass is 10.0. The van der Waals surface area contributed by atoms with Crippen LogP contribution in [0, 0.1) is 5.92 Å². The molecule has 23 heavy (non-hydrogen) atoms. The fraction of sp³-hybridized carbons (Fsp3) is 0.867. The fourth-order valence-corrected chi connectivity index (χ4v) is 4.95. The molecule has 0 aromatic carbocycles. The van der Waals surface area contributed by atoms with Crippen molar-refractivity contribution in [2.75, 3.05) is 26.4 Å². The molecule has 136 valence electrons. The van der Waals surface area contributed by atoms with E-state index in [-0.39, 0.29) is 18.9 Å². The number of ether oxygens (including phenoxy) is 1. The van der Waals surface area contributed by atoms with Crippen LogP contribution >= 0.6 is 0 Å². The Balaban J connectivity index is 0.00000149. The lowest BCUT2D eigenvalue weighted by Gasteiger charge is -2.28. The van der Waals surface area contributed by atoms with Crippen LogP contribution in [0.15, 0.2) is 0 Å². The van der Waals surface area contributed by atoms with Crippen molar-refractivity contribution in [1.29, 1.82) is 0 Å². The Hall–Kier alpha value is -0.803. The fourth-order valence-electron chi connectivity index (χ4n) is 2.31. The lowest BCUT2D eigenvalue weighted by Crippen LogP contribution is -2.46. The number of hydrogen-bond acceptors (Lipinski definition) is 7. The molecule has 8 heteroatoms. The molecular formula is C15H30O7Si. The van der Waals surface area contributed by atoms with Crippen molar-refractivity contribution in [1.82, 2.24) is 0 Å². The van der Waals surface area contributed by atoms with E-state index in [0.29, 0.717) is 32.3 Å². The molecule has 1 fully saturated rings. The maximum absolute atomic E-state index is 11.4. The van der Waals surface area contributed by atoms with Gasteiger partial charge in [-0.15, -0.1) is 0 Å². The Morgan fingerprint density at radius 2 is 1.57 bits per heavy atom. The summed E-state index contributed by atoms with van der Waals surface area (Å²) < 4.78 is 21.7. The van der Waals surface area contributed by atoms with Gasteiger partial charge in [-0.1, -0.05) is 0 Å². The second kappa shape index (κ2) is 12.6. The summed E-state index contributed by atoms with van der Waals surface area (Å²) in [5, 5.41) is 7.57. The summed E-state index contributed by atoms with van der Waals surface area (Å²) in [6.45, 7) is 9.27. The third-order valence-corrected chi connectivity index (χ3v) is 6.24. The highest BCUT2D eigenvalue weighted by atomic mass is 28.4. The summed E-state index contributed by atoms with van der Waals surface area (Å²) in [7, 11) is -2.64. The smallest absolute Gasteiger partial charge is 0.397 e. The Morgan fingerprint density at radius 3 is 1.91 bits per heavy atom. The molecule has 1 saturated heterocycles. The number of esters is 2. The molecule has 1 aliphatic rings. The molecule has 1 unspecified atom stereocenters. The molecule has 1 N–H and O–H groups in total. The minimum absolute atomic E-state index is 0.186. The molecule has 0 spiro atoms. The van der Waals surface area contributed by atoms with Gasteiger partial charge >= 0.3 is 20.7 Å². The van der Waals surface area contributed by atoms with Crippen molar-refractivity contribution in [2.24, 2.45) is 5.92 Å². The van der Waals surface area contributed by atoms with E-state index in [1.165, 1.54) is 0 Å². The maximum atomic E-state index is 11.4. The Bertz CT molecular complexity index is 332. The highest BCUT2D eigenvalue weighted by Gasteiger charge is 2.41. The Labute approximate surface area is 139 Å². The second-order valence-corrected chi connectivity index (χ2v) is 7.62. The van der Waals surface area contributed by atoms with Gasteiger partial charge in [-0.05, 0) is 40.5 Å². The second-order valence-electron chi connectivity index (χ2n) is 4.88. The average molecular weight is 350 g/mol. The van der Waals surface area contributed by atoms with E-state index < -0.39 is 20.7 Å². The van der Waals surface area contributed by atoms with E-state index in [1.54, 1.807) is 6.92 Å². The van der Waals surface area contributed by atoms with Crippen molar-refractivity contribution in [2.45, 2.75) is 53.0 Å². The summed E-state index contributed by atoms with van der Waals surface area (Å²) in [6, 6.07) is 0.653. The van der Waals surface area contributed by atoms with E-state index >= 15 is 0 Å². The molecule has 0 radical (unpaired) electrons. The number of rotatable bonds is 10. The van der Waals surface area contributed by atoms with Crippen LogP contribution in [0.4, 0.5) is 0 Å². The number of carbonyl (C=O) groups is 2. The average Bonchev–Trinajstić information content (AvgIpc) is 2.79. The first-order valence-corrected chi connectivity index (χ1v) is 10.2. The molecule has 0 aliphatic carbocycles. The van der Waals surface area contributed by atoms with Crippen molar-refractivity contribution in [3.05, 3.63) is 0 Å². The Kier molecular flexibility index (Phi) is 12.2. The normalized spacial score (nSPS) is 17.7. The molecule has 0 aromatic rings. The van der Waals surface area contributed by atoms with Crippen LogP contribution in [0.25, 0.3) is 0 Å². The van der Waals surface area contributed by atoms with Crippen LogP contribution in [0.2, 0.25) is 6.04 Å². The number of cyclic esters (lactones) is 2. The van der Waals surface area contributed by atoms with Crippen LogP contribution in [0.3, 0.4) is 0 Å². The zero-order chi connectivity index (χ0) is 17.7. The molecule has 0 bridgehead atoms. The quantitative estimate of drug-likeness (QED) is 0.365. The Morgan fingerprint density at radius 1 is 1.09 bits per heavy atom. The minimum atomic E-state index is -2.64. The first kappa shape index (κ1) is 22.2. The monoisotopic (exact) mass is 350 g/mol. The molecule has 0 amide bonds. The molecule has 1 atom stereocenters. The van der Waals surface area contributed by atoms with E-state index in [9.17, 15) is 9.59 Å². The van der Waals surface area contributed by atoms with Gasteiger partial charge in [-0.25, -0.2) is 0 Å². The van der Waals surface area contributed by atoms with E-state index in [0.717, 1.165) is 6.42 Å². The molecule has 1 rings (SSSR count). The van der Waals surface area contributed by atoms with Gasteiger partial charge in [0.25, 0.3) is 0 Å². The van der Waals surface area contributed by atoms with Gasteiger partial charge in [0, 0.05) is 32.5 Å². The summed E-state index contributed by atoms with van der Waals surface area (Å²) in [5.41, 5.74) is 0. The molecule has 1 heterocycles. The van der Waals surface area contributed by atoms with Crippen LogP contribution in [0.1, 0.15) is 47.0 Å². The van der Waals surface area contributed by atoms with Gasteiger partial charge in [-0.2, -0.15) is 0 Å². The van der Waals surface area contributed by atoms with Crippen LogP contribution in [-0.4, -0.2) is 52.3 Å². The van der Waals surface area contributed by atoms with Gasteiger partial charge < -0.3 is 23.1 Å². The van der Waals surface area contributed by atoms with Crippen molar-refractivity contribution < 1.29 is 32.7 Å². The number of carbonyl (C=O) groups excluding carboxylic acids is 2. The van der Waals surface area contributed by atoms with E-state index in [4.69, 9.17) is 18.4 Å². The zero-order valence-corrected chi connectivity index (χ0v) is 15.6. The topological polar surface area (TPSA) is 91.3 Å². The zero-order valence-electron chi connectivity index (χ0n) is 14.6. The summed E-state index contributed by atoms with van der Waals surface area (Å²) in [4.78, 5) is 22.4. The van der Waals surface area contributed by atoms with Crippen LogP contribution in [-0.2, 0) is 27.6 Å². The van der Waals surface area contributed by atoms with Gasteiger partial charge in [0.2, 0.25) is 0 Å². The minimum Gasteiger partial charge on any atom is -0.397 e. The summed E-state index contributed by atoms with van der Waals surface area (Å²) in [5.74, 6) is -1.16. The van der Waals surface area contributed by atoms with Crippen molar-refractivity contribution >= 4 is 20.7 Å². The molecule has 1 aliphatic heterocycles. The van der Waals surface area contributed by atoms with Gasteiger partial charge in [-0.3, -0.25) is 9.59 Å². The van der Waals surface area contributed by atoms with Crippen molar-refractivity contribution in [3.8, 4) is 0 Å². The van der Waals surface area contributed by atoms with Gasteiger partial charge in [0.15, 0.2) is 0 Å². The highest BCUT2D eigenvalue weighted by molar-refractivity contribution is 6.60. The predicted octanol–water partition coefficient (Wildman–Crippen LogP) is 1.90. The SMILES string of the molecule is CCO.CCO[Si](CCCC1CC(=O)OC1=O)(OCC)OCC. The molecule has 0 saturated carbocycles. The van der Waals surface area contributed by atoms with E-state index in [1.807, 2.05) is 20.8 Å². The van der Waals surface area contributed by atoms with Crippen LogP contribution < -0.4 is 0 Å². The van der Waals surface area contributed by atoms with E-state index in [2.05, 4.69) is 4.74 Å². The number of hydrogen-bond donors (Lipinski definition) is 1. The van der Waals surface area contributed by atoms with Crippen LogP contribution in [0.5, 0.6) is 0 Å². The first-order chi connectivity index (χ1) is 11.0. The highest BCUT2D eigenvalue weighted by Crippen LogP contribution is 2.25.